The summed E-state index contributed by atoms with van der Waals surface area (Å²) in [5.74, 6) is 1.53. The van der Waals surface area contributed by atoms with Gasteiger partial charge in [0.05, 0.1) is 7.11 Å². The van der Waals surface area contributed by atoms with E-state index >= 15 is 0 Å². The van der Waals surface area contributed by atoms with Gasteiger partial charge in [-0.2, -0.15) is 0 Å². The second-order valence-corrected chi connectivity index (χ2v) is 10.4. The number of methoxy groups -OCH3 is 1. The lowest BCUT2D eigenvalue weighted by Crippen LogP contribution is -2.49. The highest BCUT2D eigenvalue weighted by Crippen LogP contribution is 2.29. The Morgan fingerprint density at radius 3 is 2.44 bits per heavy atom. The number of benzene rings is 3. The number of nitrogens with zero attached hydrogens (tertiary/aromatic N) is 6. The Morgan fingerprint density at radius 1 is 0.927 bits per heavy atom. The van der Waals surface area contributed by atoms with Gasteiger partial charge < -0.3 is 14.6 Å². The summed E-state index contributed by atoms with van der Waals surface area (Å²) >= 11 is 0. The second kappa shape index (κ2) is 11.9. The maximum atomic E-state index is 13.6. The Hall–Kier alpha value is -4.50. The van der Waals surface area contributed by atoms with Crippen LogP contribution in [0.25, 0.3) is 10.9 Å². The number of pyridine rings is 1. The normalized spacial score (nSPS) is 14.8. The summed E-state index contributed by atoms with van der Waals surface area (Å²) < 4.78 is 7.19. The number of aromatic nitrogens is 5. The molecule has 0 radical (unpaired) electrons. The third-order valence-electron chi connectivity index (χ3n) is 8.02. The molecule has 210 valence electrons. The SMILES string of the molecule is CCc1ccc2[nH]c(=O)c([C@@H](c3nnnn3CCc3ccccc3)N3CCN(c4ccc(OC)cc4)CC3)cc2c1. The van der Waals surface area contributed by atoms with Crippen molar-refractivity contribution >= 4 is 16.6 Å². The predicted octanol–water partition coefficient (Wildman–Crippen LogP) is 4.24. The number of hydrogen-bond acceptors (Lipinski definition) is 7. The molecule has 0 bridgehead atoms. The van der Waals surface area contributed by atoms with Gasteiger partial charge in [0.15, 0.2) is 5.82 Å². The molecule has 41 heavy (non-hydrogen) atoms. The number of H-pyrrole nitrogens is 1. The number of piperazine rings is 1. The van der Waals surface area contributed by atoms with Crippen LogP contribution in [0, 0.1) is 0 Å². The van der Waals surface area contributed by atoms with Crippen LogP contribution in [0.3, 0.4) is 0 Å². The highest BCUT2D eigenvalue weighted by atomic mass is 16.5. The second-order valence-electron chi connectivity index (χ2n) is 10.4. The highest BCUT2D eigenvalue weighted by Gasteiger charge is 2.32. The minimum Gasteiger partial charge on any atom is -0.497 e. The van der Waals surface area contributed by atoms with Crippen molar-refractivity contribution in [2.45, 2.75) is 32.4 Å². The van der Waals surface area contributed by atoms with E-state index in [1.165, 1.54) is 11.1 Å². The van der Waals surface area contributed by atoms with Crippen LogP contribution in [-0.4, -0.2) is 63.4 Å². The maximum Gasteiger partial charge on any atom is 0.253 e. The number of ether oxygens (including phenoxy) is 1. The fourth-order valence-corrected chi connectivity index (χ4v) is 5.67. The maximum absolute atomic E-state index is 13.6. The van der Waals surface area contributed by atoms with Gasteiger partial charge in [-0.3, -0.25) is 9.69 Å². The molecule has 9 nitrogen and oxygen atoms in total. The van der Waals surface area contributed by atoms with Gasteiger partial charge in [-0.15, -0.1) is 5.10 Å². The average Bonchev–Trinajstić information content (AvgIpc) is 3.49. The van der Waals surface area contributed by atoms with Crippen LogP contribution >= 0.6 is 0 Å². The van der Waals surface area contributed by atoms with Gasteiger partial charge in [-0.1, -0.05) is 43.3 Å². The number of hydrogen-bond donors (Lipinski definition) is 1. The monoisotopic (exact) mass is 549 g/mol. The number of rotatable bonds is 9. The molecule has 0 saturated carbocycles. The van der Waals surface area contributed by atoms with Crippen molar-refractivity contribution in [2.75, 3.05) is 38.2 Å². The Morgan fingerprint density at radius 2 is 1.71 bits per heavy atom. The lowest BCUT2D eigenvalue weighted by molar-refractivity contribution is 0.199. The van der Waals surface area contributed by atoms with Crippen molar-refractivity contribution in [1.29, 1.82) is 0 Å². The van der Waals surface area contributed by atoms with Crippen molar-refractivity contribution in [1.82, 2.24) is 30.1 Å². The smallest absolute Gasteiger partial charge is 0.253 e. The van der Waals surface area contributed by atoms with Gasteiger partial charge in [0, 0.05) is 49.5 Å². The first-order chi connectivity index (χ1) is 20.1. The van der Waals surface area contributed by atoms with Gasteiger partial charge in [-0.05, 0) is 82.2 Å². The van der Waals surface area contributed by atoms with Crippen molar-refractivity contribution in [3.8, 4) is 5.75 Å². The number of tetrazole rings is 1. The van der Waals surface area contributed by atoms with Crippen LogP contribution in [0.4, 0.5) is 5.69 Å². The molecule has 1 aliphatic rings. The van der Waals surface area contributed by atoms with E-state index < -0.39 is 0 Å². The molecule has 9 heteroatoms. The number of nitrogens with one attached hydrogen (secondary N) is 1. The van der Waals surface area contributed by atoms with E-state index in [0.29, 0.717) is 17.9 Å². The molecule has 3 heterocycles. The Labute approximate surface area is 239 Å². The number of aryl methyl sites for hydroxylation is 3. The van der Waals surface area contributed by atoms with Crippen LogP contribution in [0.1, 0.15) is 35.5 Å². The molecular formula is C32H35N7O2. The fraction of sp³-hybridized carbons (Fsp3) is 0.312. The average molecular weight is 550 g/mol. The number of aromatic amines is 1. The van der Waals surface area contributed by atoms with Crippen LogP contribution in [-0.2, 0) is 19.4 Å². The van der Waals surface area contributed by atoms with Gasteiger partial charge in [0.1, 0.15) is 11.8 Å². The van der Waals surface area contributed by atoms with Crippen molar-refractivity contribution in [2.24, 2.45) is 0 Å². The number of fused-ring (bicyclic) bond motifs is 1. The Bertz CT molecular complexity index is 1660. The fourth-order valence-electron chi connectivity index (χ4n) is 5.67. The summed E-state index contributed by atoms with van der Waals surface area (Å²) in [6, 6.07) is 26.4. The van der Waals surface area contributed by atoms with Crippen LogP contribution in [0.2, 0.25) is 0 Å². The van der Waals surface area contributed by atoms with Gasteiger partial charge in [0.25, 0.3) is 5.56 Å². The third-order valence-corrected chi connectivity index (χ3v) is 8.02. The minimum atomic E-state index is -0.378. The molecule has 2 aromatic heterocycles. The summed E-state index contributed by atoms with van der Waals surface area (Å²) in [6.45, 7) is 5.92. The zero-order valence-corrected chi connectivity index (χ0v) is 23.5. The molecule has 0 amide bonds. The molecule has 0 unspecified atom stereocenters. The number of anilines is 1. The molecule has 5 aromatic rings. The van der Waals surface area contributed by atoms with Crippen molar-refractivity contribution in [3.05, 3.63) is 112 Å². The molecule has 3 aromatic carbocycles. The van der Waals surface area contributed by atoms with Crippen LogP contribution in [0.5, 0.6) is 5.75 Å². The van der Waals surface area contributed by atoms with Crippen molar-refractivity contribution < 1.29 is 4.74 Å². The van der Waals surface area contributed by atoms with Gasteiger partial charge in [-0.25, -0.2) is 4.68 Å². The van der Waals surface area contributed by atoms with E-state index in [9.17, 15) is 4.79 Å². The standard InChI is InChI=1S/C32H35N7O2/c1-3-23-9-14-29-25(21-23)22-28(32(40)33-29)30(31-34-35-36-39(31)16-15-24-7-5-4-6-8-24)38-19-17-37(18-20-38)26-10-12-27(41-2)13-11-26/h4-14,21-22,30H,3,15-20H2,1-2H3,(H,33,40)/t30-/m0/s1. The first-order valence-corrected chi connectivity index (χ1v) is 14.2. The summed E-state index contributed by atoms with van der Waals surface area (Å²) in [5.41, 5.74) is 5.00. The molecule has 1 N–H and O–H groups in total. The highest BCUT2D eigenvalue weighted by molar-refractivity contribution is 5.80. The van der Waals surface area contributed by atoms with Crippen LogP contribution in [0.15, 0.2) is 83.7 Å². The quantitative estimate of drug-likeness (QED) is 0.294. The zero-order chi connectivity index (χ0) is 28.2. The Kier molecular flexibility index (Phi) is 7.78. The van der Waals surface area contributed by atoms with Crippen LogP contribution < -0.4 is 15.2 Å². The molecule has 1 atom stereocenters. The van der Waals surface area contributed by atoms with Gasteiger partial charge in [0.2, 0.25) is 0 Å². The van der Waals surface area contributed by atoms with E-state index in [1.54, 1.807) is 7.11 Å². The molecule has 0 spiro atoms. The van der Waals surface area contributed by atoms with E-state index in [4.69, 9.17) is 4.74 Å². The lowest BCUT2D eigenvalue weighted by atomic mass is 10.0. The molecular weight excluding hydrogens is 514 g/mol. The van der Waals surface area contributed by atoms with E-state index in [-0.39, 0.29) is 11.6 Å². The summed E-state index contributed by atoms with van der Waals surface area (Å²) in [4.78, 5) is 21.5. The summed E-state index contributed by atoms with van der Waals surface area (Å²) in [6.07, 6.45) is 1.73. The molecule has 1 aliphatic heterocycles. The largest absolute Gasteiger partial charge is 0.497 e. The zero-order valence-electron chi connectivity index (χ0n) is 23.5. The molecule has 1 fully saturated rings. The Balaban J connectivity index is 1.34. The van der Waals surface area contributed by atoms with E-state index in [0.717, 1.165) is 61.4 Å². The van der Waals surface area contributed by atoms with Gasteiger partial charge >= 0.3 is 0 Å². The minimum absolute atomic E-state index is 0.109. The summed E-state index contributed by atoms with van der Waals surface area (Å²) in [5, 5.41) is 14.0. The molecule has 0 aliphatic carbocycles. The van der Waals surface area contributed by atoms with E-state index in [1.807, 2.05) is 47.1 Å². The summed E-state index contributed by atoms with van der Waals surface area (Å²) in [7, 11) is 1.68. The van der Waals surface area contributed by atoms with Crippen molar-refractivity contribution in [3.63, 3.8) is 0 Å². The lowest BCUT2D eigenvalue weighted by Gasteiger charge is -2.39. The topological polar surface area (TPSA) is 92.2 Å². The first-order valence-electron chi connectivity index (χ1n) is 14.2. The molecule has 1 saturated heterocycles. The third kappa shape index (κ3) is 5.71. The molecule has 6 rings (SSSR count). The van der Waals surface area contributed by atoms with E-state index in [2.05, 4.69) is 73.6 Å². The predicted molar refractivity (Wildman–Crippen MR) is 161 cm³/mol. The first kappa shape index (κ1) is 26.7.